The number of aromatic nitrogens is 1. The summed E-state index contributed by atoms with van der Waals surface area (Å²) in [4.78, 5) is 14.7. The second kappa shape index (κ2) is 10.5. The molecule has 0 saturated carbocycles. The quantitative estimate of drug-likeness (QED) is 0.653. The van der Waals surface area contributed by atoms with Crippen LogP contribution in [-0.2, 0) is 17.9 Å². The van der Waals surface area contributed by atoms with E-state index < -0.39 is 0 Å². The molecule has 0 aliphatic rings. The van der Waals surface area contributed by atoms with Crippen molar-refractivity contribution < 1.29 is 4.79 Å². The highest BCUT2D eigenvalue weighted by atomic mass is 35.5. The van der Waals surface area contributed by atoms with E-state index in [1.54, 1.807) is 0 Å². The van der Waals surface area contributed by atoms with E-state index in [2.05, 4.69) is 43.6 Å². The number of carbonyl (C=O) groups is 1. The van der Waals surface area contributed by atoms with Crippen molar-refractivity contribution in [2.45, 2.75) is 40.8 Å². The smallest absolute Gasteiger partial charge is 0.236 e. The molecule has 0 atom stereocenters. The van der Waals surface area contributed by atoms with E-state index in [1.165, 1.54) is 0 Å². The predicted molar refractivity (Wildman–Crippen MR) is 113 cm³/mol. The van der Waals surface area contributed by atoms with Crippen LogP contribution in [0.5, 0.6) is 0 Å². The number of carbonyl (C=O) groups excluding carboxylic acids is 1. The predicted octanol–water partition coefficient (Wildman–Crippen LogP) is 4.42. The van der Waals surface area contributed by atoms with Crippen LogP contribution in [0.25, 0.3) is 0 Å². The summed E-state index contributed by atoms with van der Waals surface area (Å²) >= 11 is 6.32. The van der Waals surface area contributed by atoms with Crippen LogP contribution in [0.3, 0.4) is 0 Å². The highest BCUT2D eigenvalue weighted by Gasteiger charge is 2.17. The van der Waals surface area contributed by atoms with E-state index in [9.17, 15) is 4.79 Å². The molecule has 1 aromatic heterocycles. The lowest BCUT2D eigenvalue weighted by molar-refractivity contribution is -0.131. The molecule has 2 rings (SSSR count). The average Bonchev–Trinajstić information content (AvgIpc) is 3.02. The molecule has 4 nitrogen and oxygen atoms in total. The number of halogens is 1. The molecule has 0 spiro atoms. The molecule has 27 heavy (non-hydrogen) atoms. The van der Waals surface area contributed by atoms with Gasteiger partial charge in [0, 0.05) is 30.0 Å². The Morgan fingerprint density at radius 2 is 1.85 bits per heavy atom. The van der Waals surface area contributed by atoms with Gasteiger partial charge < -0.3 is 14.8 Å². The van der Waals surface area contributed by atoms with Crippen molar-refractivity contribution in [3.05, 3.63) is 58.9 Å². The zero-order chi connectivity index (χ0) is 19.8. The summed E-state index contributed by atoms with van der Waals surface area (Å²) in [5.74, 6) is 1.10. The Balaban J connectivity index is 2.08. The lowest BCUT2D eigenvalue weighted by Crippen LogP contribution is -2.40. The molecule has 0 radical (unpaired) electrons. The number of nitrogens with zero attached hydrogens (tertiary/aromatic N) is 2. The largest absolute Gasteiger partial charge is 0.345 e. The number of hydrogen-bond donors (Lipinski definition) is 1. The second-order valence-electron chi connectivity index (χ2n) is 7.91. The van der Waals surface area contributed by atoms with E-state index >= 15 is 0 Å². The van der Waals surface area contributed by atoms with Gasteiger partial charge in [0.2, 0.25) is 5.91 Å². The van der Waals surface area contributed by atoms with E-state index in [-0.39, 0.29) is 5.91 Å². The maximum atomic E-state index is 12.7. The number of benzene rings is 1. The lowest BCUT2D eigenvalue weighted by Gasteiger charge is -2.26. The topological polar surface area (TPSA) is 37.3 Å². The number of rotatable bonds is 10. The summed E-state index contributed by atoms with van der Waals surface area (Å²) < 4.78 is 2.17. The van der Waals surface area contributed by atoms with Crippen molar-refractivity contribution in [3.8, 4) is 0 Å². The van der Waals surface area contributed by atoms with Crippen molar-refractivity contribution in [2.24, 2.45) is 11.8 Å². The van der Waals surface area contributed by atoms with Gasteiger partial charge in [0.15, 0.2) is 0 Å². The maximum absolute atomic E-state index is 12.7. The molecule has 0 saturated heterocycles. The van der Waals surface area contributed by atoms with Crippen LogP contribution in [0.1, 0.15) is 39.0 Å². The first kappa shape index (κ1) is 21.5. The summed E-state index contributed by atoms with van der Waals surface area (Å²) in [6.07, 6.45) is 2.05. The Hall–Kier alpha value is -1.78. The molecule has 0 unspecified atom stereocenters. The van der Waals surface area contributed by atoms with E-state index in [4.69, 9.17) is 11.6 Å². The summed E-state index contributed by atoms with van der Waals surface area (Å²) in [5, 5.41) is 4.03. The van der Waals surface area contributed by atoms with E-state index in [1.807, 2.05) is 41.4 Å². The molecule has 1 heterocycles. The molecular weight excluding hydrogens is 358 g/mol. The standard InChI is InChI=1S/C22H32ClN3O/c1-17(2)12-24-13-22(27)26(14-18(3)4)16-20-9-7-11-25(20)15-19-8-5-6-10-21(19)23/h5-11,17-18,24H,12-16H2,1-4H3. The van der Waals surface area contributed by atoms with Gasteiger partial charge in [-0.1, -0.05) is 57.5 Å². The Morgan fingerprint density at radius 1 is 1.11 bits per heavy atom. The fourth-order valence-corrected chi connectivity index (χ4v) is 3.22. The normalized spacial score (nSPS) is 11.4. The van der Waals surface area contributed by atoms with Crippen LogP contribution in [0.2, 0.25) is 5.02 Å². The molecule has 0 aliphatic heterocycles. The third-order valence-corrected chi connectivity index (χ3v) is 4.71. The Labute approximate surface area is 168 Å². The summed E-state index contributed by atoms with van der Waals surface area (Å²) in [5.41, 5.74) is 2.20. The molecule has 1 N–H and O–H groups in total. The van der Waals surface area contributed by atoms with Crippen molar-refractivity contribution in [3.63, 3.8) is 0 Å². The highest BCUT2D eigenvalue weighted by molar-refractivity contribution is 6.31. The Bertz CT molecular complexity index is 724. The van der Waals surface area contributed by atoms with Crippen molar-refractivity contribution in [2.75, 3.05) is 19.6 Å². The van der Waals surface area contributed by atoms with Crippen LogP contribution >= 0.6 is 11.6 Å². The summed E-state index contributed by atoms with van der Waals surface area (Å²) in [7, 11) is 0. The molecule has 5 heteroatoms. The van der Waals surface area contributed by atoms with E-state index in [0.717, 1.165) is 29.4 Å². The first-order chi connectivity index (χ1) is 12.9. The van der Waals surface area contributed by atoms with Gasteiger partial charge in [0.1, 0.15) is 0 Å². The first-order valence-corrected chi connectivity index (χ1v) is 10.1. The lowest BCUT2D eigenvalue weighted by atomic mass is 10.2. The minimum atomic E-state index is 0.148. The molecule has 1 amide bonds. The molecule has 2 aromatic rings. The second-order valence-corrected chi connectivity index (χ2v) is 8.32. The van der Waals surface area contributed by atoms with Crippen LogP contribution in [0, 0.1) is 11.8 Å². The van der Waals surface area contributed by atoms with Gasteiger partial charge >= 0.3 is 0 Å². The number of nitrogens with one attached hydrogen (secondary N) is 1. The molecule has 148 valence electrons. The SMILES string of the molecule is CC(C)CNCC(=O)N(Cc1cccn1Cc1ccccc1Cl)CC(C)C. The monoisotopic (exact) mass is 389 g/mol. The fourth-order valence-electron chi connectivity index (χ4n) is 3.03. The van der Waals surface area contributed by atoms with Crippen LogP contribution in [-0.4, -0.2) is 35.0 Å². The summed E-state index contributed by atoms with van der Waals surface area (Å²) in [6.45, 7) is 11.9. The van der Waals surface area contributed by atoms with Gasteiger partial charge in [-0.15, -0.1) is 0 Å². The van der Waals surface area contributed by atoms with Gasteiger partial charge in [-0.25, -0.2) is 0 Å². The van der Waals surface area contributed by atoms with Gasteiger partial charge in [0.25, 0.3) is 0 Å². The maximum Gasteiger partial charge on any atom is 0.236 e. The van der Waals surface area contributed by atoms with Gasteiger partial charge in [-0.2, -0.15) is 0 Å². The zero-order valence-corrected chi connectivity index (χ0v) is 17.7. The number of amides is 1. The molecule has 1 aromatic carbocycles. The highest BCUT2D eigenvalue weighted by Crippen LogP contribution is 2.18. The minimum absolute atomic E-state index is 0.148. The van der Waals surface area contributed by atoms with Crippen molar-refractivity contribution in [1.82, 2.24) is 14.8 Å². The minimum Gasteiger partial charge on any atom is -0.345 e. The Morgan fingerprint density at radius 3 is 2.52 bits per heavy atom. The third-order valence-electron chi connectivity index (χ3n) is 4.34. The summed E-state index contributed by atoms with van der Waals surface area (Å²) in [6, 6.07) is 12.0. The zero-order valence-electron chi connectivity index (χ0n) is 16.9. The Kier molecular flexibility index (Phi) is 8.39. The third kappa shape index (κ3) is 7.04. The van der Waals surface area contributed by atoms with E-state index in [0.29, 0.717) is 31.5 Å². The van der Waals surface area contributed by atoms with Gasteiger partial charge in [0.05, 0.1) is 13.1 Å². The van der Waals surface area contributed by atoms with Crippen molar-refractivity contribution >= 4 is 17.5 Å². The average molecular weight is 390 g/mol. The molecule has 0 fully saturated rings. The molecular formula is C22H32ClN3O. The van der Waals surface area contributed by atoms with Gasteiger partial charge in [-0.05, 0) is 42.1 Å². The van der Waals surface area contributed by atoms with Crippen LogP contribution in [0.4, 0.5) is 0 Å². The first-order valence-electron chi connectivity index (χ1n) is 9.72. The fraction of sp³-hybridized carbons (Fsp3) is 0.500. The van der Waals surface area contributed by atoms with Crippen LogP contribution in [0.15, 0.2) is 42.6 Å². The number of hydrogen-bond acceptors (Lipinski definition) is 2. The molecule has 0 bridgehead atoms. The van der Waals surface area contributed by atoms with Crippen LogP contribution < -0.4 is 5.32 Å². The van der Waals surface area contributed by atoms with Crippen molar-refractivity contribution in [1.29, 1.82) is 0 Å². The van der Waals surface area contributed by atoms with Gasteiger partial charge in [-0.3, -0.25) is 4.79 Å². The molecule has 0 aliphatic carbocycles.